The van der Waals surface area contributed by atoms with Gasteiger partial charge in [-0.05, 0) is 54.2 Å². The number of benzene rings is 2. The highest BCUT2D eigenvalue weighted by Crippen LogP contribution is 2.46. The summed E-state index contributed by atoms with van der Waals surface area (Å²) in [5.74, 6) is 1.55. The standard InChI is InChI=1S/C28H32N6/c1-34(2)27(30)28(18-29,22-9-5-7-20-8-6-16-31-26(20)22)21-14-12-19(13-15-21)17-25-32-23-10-3-4-11-24(23)33-25/h3-4,6,8,10-16,22,30H,5,7,9,17-18,29H2,1-2H3,(H,32,33). The second kappa shape index (κ2) is 9.03. The highest BCUT2D eigenvalue weighted by Gasteiger charge is 2.47. The van der Waals surface area contributed by atoms with Gasteiger partial charge in [0.25, 0.3) is 0 Å². The zero-order valence-electron chi connectivity index (χ0n) is 19.9. The molecular formula is C28H32N6. The van der Waals surface area contributed by atoms with Gasteiger partial charge in [0.1, 0.15) is 11.7 Å². The molecule has 0 saturated carbocycles. The molecule has 34 heavy (non-hydrogen) atoms. The first-order valence-electron chi connectivity index (χ1n) is 12.0. The van der Waals surface area contributed by atoms with Gasteiger partial charge in [0, 0.05) is 44.9 Å². The second-order valence-electron chi connectivity index (χ2n) is 9.49. The summed E-state index contributed by atoms with van der Waals surface area (Å²) in [7, 11) is 3.87. The van der Waals surface area contributed by atoms with Crippen molar-refractivity contribution in [2.24, 2.45) is 5.73 Å². The fraction of sp³-hybridized carbons (Fsp3) is 0.321. The topological polar surface area (TPSA) is 94.7 Å². The van der Waals surface area contributed by atoms with Crippen LogP contribution < -0.4 is 5.73 Å². The van der Waals surface area contributed by atoms with Gasteiger partial charge in [-0.25, -0.2) is 4.98 Å². The van der Waals surface area contributed by atoms with Crippen molar-refractivity contribution in [3.05, 3.63) is 95.1 Å². The zero-order valence-corrected chi connectivity index (χ0v) is 19.9. The molecule has 2 aromatic carbocycles. The SMILES string of the molecule is CN(C)C(=N)C(CN)(c1ccc(Cc2nc3ccccc3[nH]2)cc1)C1CCCc2cccnc21. The average Bonchev–Trinajstić information content (AvgIpc) is 3.28. The molecule has 1 aliphatic rings. The molecule has 6 heteroatoms. The lowest BCUT2D eigenvalue weighted by Gasteiger charge is -2.44. The summed E-state index contributed by atoms with van der Waals surface area (Å²) < 4.78 is 0. The van der Waals surface area contributed by atoms with Crippen LogP contribution in [0.3, 0.4) is 0 Å². The summed E-state index contributed by atoms with van der Waals surface area (Å²) in [4.78, 5) is 14.8. The third-order valence-electron chi connectivity index (χ3n) is 7.26. The van der Waals surface area contributed by atoms with Crippen molar-refractivity contribution in [3.8, 4) is 0 Å². The monoisotopic (exact) mass is 452 g/mol. The van der Waals surface area contributed by atoms with Crippen molar-refractivity contribution >= 4 is 16.9 Å². The van der Waals surface area contributed by atoms with E-state index in [2.05, 4.69) is 35.3 Å². The Morgan fingerprint density at radius 1 is 1.12 bits per heavy atom. The van der Waals surface area contributed by atoms with Crippen LogP contribution >= 0.6 is 0 Å². The Morgan fingerprint density at radius 2 is 1.91 bits per heavy atom. The molecule has 2 atom stereocenters. The molecule has 174 valence electrons. The van der Waals surface area contributed by atoms with E-state index in [0.29, 0.717) is 12.4 Å². The maximum atomic E-state index is 9.16. The number of fused-ring (bicyclic) bond motifs is 2. The number of likely N-dealkylation sites (N-methyl/N-ethyl adjacent to an activating group) is 1. The van der Waals surface area contributed by atoms with Crippen LogP contribution in [-0.4, -0.2) is 46.3 Å². The minimum Gasteiger partial charge on any atom is -0.366 e. The summed E-state index contributed by atoms with van der Waals surface area (Å²) in [6, 6.07) is 20.9. The third-order valence-corrected chi connectivity index (χ3v) is 7.26. The molecule has 0 aliphatic heterocycles. The molecule has 5 rings (SSSR count). The highest BCUT2D eigenvalue weighted by molar-refractivity contribution is 5.92. The number of amidine groups is 1. The molecule has 6 nitrogen and oxygen atoms in total. The van der Waals surface area contributed by atoms with Crippen molar-refractivity contribution in [1.29, 1.82) is 5.41 Å². The molecule has 4 aromatic rings. The van der Waals surface area contributed by atoms with Gasteiger partial charge in [-0.2, -0.15) is 0 Å². The molecule has 0 fully saturated rings. The molecule has 2 aromatic heterocycles. The molecular weight excluding hydrogens is 420 g/mol. The number of rotatable bonds is 6. The summed E-state index contributed by atoms with van der Waals surface area (Å²) in [5.41, 5.74) is 12.6. The first-order chi connectivity index (χ1) is 16.5. The fourth-order valence-electron chi connectivity index (χ4n) is 5.55. The van der Waals surface area contributed by atoms with Gasteiger partial charge in [0.2, 0.25) is 0 Å². The number of nitrogens with two attached hydrogens (primary N) is 1. The maximum Gasteiger partial charge on any atom is 0.111 e. The van der Waals surface area contributed by atoms with Crippen molar-refractivity contribution in [2.45, 2.75) is 37.0 Å². The van der Waals surface area contributed by atoms with E-state index < -0.39 is 5.41 Å². The van der Waals surface area contributed by atoms with Gasteiger partial charge in [-0.15, -0.1) is 0 Å². The molecule has 0 radical (unpaired) electrons. The van der Waals surface area contributed by atoms with Crippen molar-refractivity contribution in [2.75, 3.05) is 20.6 Å². The second-order valence-corrected chi connectivity index (χ2v) is 9.49. The number of hydrogen-bond acceptors (Lipinski definition) is 4. The minimum atomic E-state index is -0.634. The van der Waals surface area contributed by atoms with Crippen LogP contribution in [0.4, 0.5) is 0 Å². The zero-order chi connectivity index (χ0) is 23.7. The Kier molecular flexibility index (Phi) is 5.92. The molecule has 0 amide bonds. The van der Waals surface area contributed by atoms with E-state index in [-0.39, 0.29) is 5.92 Å². The largest absolute Gasteiger partial charge is 0.366 e. The number of H-pyrrole nitrogens is 1. The van der Waals surface area contributed by atoms with Gasteiger partial charge in [-0.1, -0.05) is 42.5 Å². The van der Waals surface area contributed by atoms with E-state index in [1.165, 1.54) is 11.1 Å². The summed E-state index contributed by atoms with van der Waals surface area (Å²) in [5, 5.41) is 9.16. The predicted molar refractivity (Wildman–Crippen MR) is 137 cm³/mol. The number of pyridine rings is 1. The van der Waals surface area contributed by atoms with Crippen LogP contribution in [0.2, 0.25) is 0 Å². The number of para-hydroxylation sites is 2. The normalized spacial score (nSPS) is 17.2. The van der Waals surface area contributed by atoms with Crippen molar-refractivity contribution in [1.82, 2.24) is 19.9 Å². The molecule has 0 spiro atoms. The van der Waals surface area contributed by atoms with Gasteiger partial charge in [-0.3, -0.25) is 10.4 Å². The molecule has 0 saturated heterocycles. The quantitative estimate of drug-likeness (QED) is 0.298. The average molecular weight is 453 g/mol. The molecule has 0 bridgehead atoms. The van der Waals surface area contributed by atoms with Gasteiger partial charge < -0.3 is 15.6 Å². The van der Waals surface area contributed by atoms with Crippen LogP contribution in [0.5, 0.6) is 0 Å². The Bertz CT molecular complexity index is 1270. The lowest BCUT2D eigenvalue weighted by Crippen LogP contribution is -2.53. The number of hydrogen-bond donors (Lipinski definition) is 3. The van der Waals surface area contributed by atoms with Gasteiger partial charge in [0.15, 0.2) is 0 Å². The first-order valence-corrected chi connectivity index (χ1v) is 12.0. The predicted octanol–water partition coefficient (Wildman–Crippen LogP) is 4.40. The summed E-state index contributed by atoms with van der Waals surface area (Å²) >= 11 is 0. The molecule has 2 unspecified atom stereocenters. The van der Waals surface area contributed by atoms with E-state index in [0.717, 1.165) is 53.8 Å². The van der Waals surface area contributed by atoms with Gasteiger partial charge in [0.05, 0.1) is 16.4 Å². The number of aromatic nitrogens is 3. The number of nitrogens with zero attached hydrogens (tertiary/aromatic N) is 3. The fourth-order valence-corrected chi connectivity index (χ4v) is 5.55. The third kappa shape index (κ3) is 3.78. The number of aromatic amines is 1. The highest BCUT2D eigenvalue weighted by atomic mass is 15.1. The number of imidazole rings is 1. The van der Waals surface area contributed by atoms with E-state index in [4.69, 9.17) is 21.1 Å². The van der Waals surface area contributed by atoms with Gasteiger partial charge >= 0.3 is 0 Å². The minimum absolute atomic E-state index is 0.0681. The van der Waals surface area contributed by atoms with Crippen LogP contribution in [0.15, 0.2) is 66.9 Å². The van der Waals surface area contributed by atoms with Crippen LogP contribution in [0, 0.1) is 5.41 Å². The Balaban J connectivity index is 1.52. The molecule has 1 aliphatic carbocycles. The first kappa shape index (κ1) is 22.3. The van der Waals surface area contributed by atoms with E-state index in [1.54, 1.807) is 0 Å². The number of aryl methyl sites for hydroxylation is 1. The summed E-state index contributed by atoms with van der Waals surface area (Å²) in [6.07, 6.45) is 5.68. The lowest BCUT2D eigenvalue weighted by molar-refractivity contribution is 0.367. The van der Waals surface area contributed by atoms with E-state index in [1.807, 2.05) is 55.5 Å². The van der Waals surface area contributed by atoms with E-state index in [9.17, 15) is 0 Å². The maximum absolute atomic E-state index is 9.16. The van der Waals surface area contributed by atoms with Crippen molar-refractivity contribution in [3.63, 3.8) is 0 Å². The van der Waals surface area contributed by atoms with Crippen LogP contribution in [-0.2, 0) is 18.3 Å². The van der Waals surface area contributed by atoms with Crippen LogP contribution in [0.1, 0.15) is 47.0 Å². The number of nitrogens with one attached hydrogen (secondary N) is 2. The Hall–Kier alpha value is -3.51. The van der Waals surface area contributed by atoms with E-state index >= 15 is 0 Å². The Labute approximate surface area is 200 Å². The van der Waals surface area contributed by atoms with Crippen LogP contribution in [0.25, 0.3) is 11.0 Å². The van der Waals surface area contributed by atoms with Crippen molar-refractivity contribution < 1.29 is 0 Å². The summed E-state index contributed by atoms with van der Waals surface area (Å²) in [6.45, 7) is 0.355. The Morgan fingerprint density at radius 3 is 2.65 bits per heavy atom. The molecule has 4 N–H and O–H groups in total. The molecule has 2 heterocycles. The lowest BCUT2D eigenvalue weighted by atomic mass is 9.63. The smallest absolute Gasteiger partial charge is 0.111 e.